The predicted octanol–water partition coefficient (Wildman–Crippen LogP) is 3.08. The van der Waals surface area contributed by atoms with Crippen LogP contribution in [0.25, 0.3) is 0 Å². The molecule has 0 spiro atoms. The van der Waals surface area contributed by atoms with Crippen LogP contribution in [0, 0.1) is 6.58 Å². The van der Waals surface area contributed by atoms with Crippen molar-refractivity contribution in [1.82, 2.24) is 0 Å². The maximum absolute atomic E-state index is 5.34. The minimum Gasteiger partial charge on any atom is -1.00 e. The van der Waals surface area contributed by atoms with Gasteiger partial charge in [-0.05, 0) is 0 Å². The zero-order valence-electron chi connectivity index (χ0n) is 13.1. The molecule has 0 aromatic carbocycles. The molecule has 0 saturated carbocycles. The molecule has 0 heterocycles. The maximum Gasteiger partial charge on any atom is 2.00 e. The van der Waals surface area contributed by atoms with E-state index in [9.17, 15) is 0 Å². The third kappa shape index (κ3) is 24.4. The molecule has 0 radical (unpaired) electrons. The number of hydrogen-bond donors (Lipinski definition) is 0. The number of rotatable bonds is 14. The Morgan fingerprint density at radius 1 is 0.632 bits per heavy atom. The van der Waals surface area contributed by atoms with Crippen molar-refractivity contribution < 1.29 is 17.0 Å². The van der Waals surface area contributed by atoms with Crippen molar-refractivity contribution >= 4 is 23.1 Å². The average molecular weight is 342 g/mol. The second-order valence-electron chi connectivity index (χ2n) is 5.27. The number of unbranched alkanes of at least 4 members (excludes halogenated alkanes) is 13. The first kappa shape index (κ1) is 25.0. The Hall–Kier alpha value is 0.986. The molecule has 0 aromatic rings. The normalized spacial score (nSPS) is 9.53. The monoisotopic (exact) mass is 340 g/mol. The molecule has 0 aliphatic carbocycles. The molecular formula is C17H33BrMg. The molecule has 19 heavy (non-hydrogen) atoms. The molecule has 0 rings (SSSR count). The van der Waals surface area contributed by atoms with Crippen LogP contribution in [0.5, 0.6) is 0 Å². The standard InChI is InChI=1S/C17H33.BrH.Mg/c1-3-5-7-9-11-13-15-17-16-14-12-10-8-6-4-2;;/h1,3H,4-17H2,2H3;1H;/q-1;;+2/p-1. The van der Waals surface area contributed by atoms with Gasteiger partial charge in [0, 0.05) is 0 Å². The molecule has 0 bridgehead atoms. The molecule has 0 aliphatic rings. The van der Waals surface area contributed by atoms with Gasteiger partial charge in [0.05, 0.1) is 0 Å². The van der Waals surface area contributed by atoms with Crippen LogP contribution >= 0.6 is 0 Å². The molecular weight excluding hydrogens is 308 g/mol. The Bertz CT molecular complexity index is 148. The SMILES string of the molecule is [Br-].[CH-]=CCCCCCCCCCCCCCCC.[Mg+2]. The maximum atomic E-state index is 5.34. The predicted molar refractivity (Wildman–Crippen MR) is 84.9 cm³/mol. The Kier molecular flexibility index (Phi) is 31.6. The van der Waals surface area contributed by atoms with E-state index in [0.29, 0.717) is 0 Å². The van der Waals surface area contributed by atoms with E-state index >= 15 is 0 Å². The topological polar surface area (TPSA) is 0 Å². The van der Waals surface area contributed by atoms with E-state index in [1.54, 1.807) is 6.08 Å². The first-order valence-corrected chi connectivity index (χ1v) is 7.95. The zero-order valence-corrected chi connectivity index (χ0v) is 16.1. The third-order valence-corrected chi connectivity index (χ3v) is 3.47. The van der Waals surface area contributed by atoms with Crippen molar-refractivity contribution in [1.29, 1.82) is 0 Å². The van der Waals surface area contributed by atoms with E-state index < -0.39 is 0 Å². The van der Waals surface area contributed by atoms with Crippen LogP contribution < -0.4 is 17.0 Å². The Balaban J connectivity index is -0.00000128. The zero-order chi connectivity index (χ0) is 12.6. The van der Waals surface area contributed by atoms with Crippen molar-refractivity contribution in [2.24, 2.45) is 0 Å². The van der Waals surface area contributed by atoms with E-state index in [-0.39, 0.29) is 40.0 Å². The molecule has 2 heteroatoms. The minimum atomic E-state index is 0. The quantitative estimate of drug-likeness (QED) is 0.259. The summed E-state index contributed by atoms with van der Waals surface area (Å²) in [6.07, 6.45) is 21.4. The summed E-state index contributed by atoms with van der Waals surface area (Å²) in [7, 11) is 0. The number of hydrogen-bond acceptors (Lipinski definition) is 0. The van der Waals surface area contributed by atoms with Gasteiger partial charge in [-0.3, -0.25) is 6.08 Å². The van der Waals surface area contributed by atoms with Gasteiger partial charge in [0.1, 0.15) is 0 Å². The van der Waals surface area contributed by atoms with Crippen LogP contribution in [0.1, 0.15) is 96.8 Å². The minimum absolute atomic E-state index is 0. The second kappa shape index (κ2) is 24.0. The van der Waals surface area contributed by atoms with Crippen molar-refractivity contribution in [2.75, 3.05) is 0 Å². The summed E-state index contributed by atoms with van der Waals surface area (Å²) in [4.78, 5) is 0. The summed E-state index contributed by atoms with van der Waals surface area (Å²) in [6.45, 7) is 7.63. The van der Waals surface area contributed by atoms with Gasteiger partial charge in [-0.25, -0.2) is 0 Å². The summed E-state index contributed by atoms with van der Waals surface area (Å²) < 4.78 is 0. The molecule has 0 N–H and O–H groups in total. The van der Waals surface area contributed by atoms with Crippen molar-refractivity contribution in [3.8, 4) is 0 Å². The molecule has 0 saturated heterocycles. The molecule has 0 atom stereocenters. The Morgan fingerprint density at radius 2 is 0.947 bits per heavy atom. The van der Waals surface area contributed by atoms with Gasteiger partial charge in [0.25, 0.3) is 0 Å². The molecule has 0 unspecified atom stereocenters. The molecule has 0 aliphatic heterocycles. The van der Waals surface area contributed by atoms with Crippen LogP contribution in [0.2, 0.25) is 0 Å². The van der Waals surface area contributed by atoms with Crippen molar-refractivity contribution in [3.05, 3.63) is 12.7 Å². The van der Waals surface area contributed by atoms with Gasteiger partial charge < -0.3 is 23.6 Å². The van der Waals surface area contributed by atoms with Gasteiger partial charge in [0.15, 0.2) is 0 Å². The second-order valence-corrected chi connectivity index (χ2v) is 5.27. The van der Waals surface area contributed by atoms with Gasteiger partial charge in [0.2, 0.25) is 0 Å². The van der Waals surface area contributed by atoms with Gasteiger partial charge in [-0.15, -0.1) is 0 Å². The Labute approximate surface area is 149 Å². The molecule has 0 nitrogen and oxygen atoms in total. The fraction of sp³-hybridized carbons (Fsp3) is 0.882. The first-order chi connectivity index (χ1) is 8.41. The first-order valence-electron chi connectivity index (χ1n) is 7.95. The smallest absolute Gasteiger partial charge is 1.00 e. The van der Waals surface area contributed by atoms with Gasteiger partial charge in [-0.2, -0.15) is 0 Å². The van der Waals surface area contributed by atoms with Crippen LogP contribution in [0.4, 0.5) is 0 Å². The van der Waals surface area contributed by atoms with Gasteiger partial charge >= 0.3 is 23.1 Å². The van der Waals surface area contributed by atoms with Crippen LogP contribution in [0.15, 0.2) is 6.08 Å². The number of allylic oxidation sites excluding steroid dienone is 1. The van der Waals surface area contributed by atoms with Crippen LogP contribution in [-0.2, 0) is 0 Å². The fourth-order valence-electron chi connectivity index (χ4n) is 2.28. The largest absolute Gasteiger partial charge is 2.00 e. The van der Waals surface area contributed by atoms with Crippen LogP contribution in [0.3, 0.4) is 0 Å². The van der Waals surface area contributed by atoms with E-state index in [1.807, 2.05) is 0 Å². The number of halogens is 1. The van der Waals surface area contributed by atoms with E-state index in [4.69, 9.17) is 6.58 Å². The van der Waals surface area contributed by atoms with E-state index in [2.05, 4.69) is 6.92 Å². The summed E-state index contributed by atoms with van der Waals surface area (Å²) in [5, 5.41) is 0. The molecule has 0 amide bonds. The van der Waals surface area contributed by atoms with Gasteiger partial charge in [-0.1, -0.05) is 96.8 Å². The molecule has 110 valence electrons. The van der Waals surface area contributed by atoms with E-state index in [0.717, 1.165) is 6.42 Å². The fourth-order valence-corrected chi connectivity index (χ4v) is 2.28. The van der Waals surface area contributed by atoms with Crippen molar-refractivity contribution in [2.45, 2.75) is 96.8 Å². The molecule has 0 aromatic heterocycles. The van der Waals surface area contributed by atoms with E-state index in [1.165, 1.54) is 83.5 Å². The summed E-state index contributed by atoms with van der Waals surface area (Å²) in [6, 6.07) is 0. The summed E-state index contributed by atoms with van der Waals surface area (Å²) in [5.74, 6) is 0. The Morgan fingerprint density at radius 3 is 1.26 bits per heavy atom. The summed E-state index contributed by atoms with van der Waals surface area (Å²) in [5.41, 5.74) is 0. The average Bonchev–Trinajstić information content (AvgIpc) is 2.35. The van der Waals surface area contributed by atoms with Crippen molar-refractivity contribution in [3.63, 3.8) is 0 Å². The van der Waals surface area contributed by atoms with Crippen LogP contribution in [-0.4, -0.2) is 23.1 Å². The molecule has 0 fully saturated rings. The third-order valence-electron chi connectivity index (χ3n) is 3.47. The summed E-state index contributed by atoms with van der Waals surface area (Å²) >= 11 is 0.